The van der Waals surface area contributed by atoms with E-state index in [4.69, 9.17) is 0 Å². The first-order valence-electron chi connectivity index (χ1n) is 6.91. The molecule has 21 heavy (non-hydrogen) atoms. The van der Waals surface area contributed by atoms with E-state index in [-0.39, 0.29) is 16.7 Å². The summed E-state index contributed by atoms with van der Waals surface area (Å²) in [6.45, 7) is 11.0. The zero-order chi connectivity index (χ0) is 15.6. The van der Waals surface area contributed by atoms with E-state index in [1.165, 1.54) is 4.68 Å². The molecule has 0 amide bonds. The summed E-state index contributed by atoms with van der Waals surface area (Å²) in [5.74, 6) is 0. The van der Waals surface area contributed by atoms with Gasteiger partial charge in [0.05, 0.1) is 17.3 Å². The molecule has 0 aliphatic rings. The first kappa shape index (κ1) is 15.3. The summed E-state index contributed by atoms with van der Waals surface area (Å²) in [6.07, 6.45) is 0. The SMILES string of the molecule is C=C(CNC(C)(C)C)Cn1[nH]c(=O)c2ccccc2c1=O. The third-order valence-electron chi connectivity index (χ3n) is 3.13. The van der Waals surface area contributed by atoms with Crippen LogP contribution in [0.25, 0.3) is 10.8 Å². The molecule has 112 valence electrons. The van der Waals surface area contributed by atoms with Crippen LogP contribution >= 0.6 is 0 Å². The topological polar surface area (TPSA) is 66.9 Å². The summed E-state index contributed by atoms with van der Waals surface area (Å²) in [5, 5.41) is 6.76. The van der Waals surface area contributed by atoms with Crippen molar-refractivity contribution in [3.05, 3.63) is 57.1 Å². The molecule has 0 aliphatic heterocycles. The Hall–Kier alpha value is -2.14. The van der Waals surface area contributed by atoms with Crippen LogP contribution in [0.1, 0.15) is 20.8 Å². The molecule has 0 spiro atoms. The maximum atomic E-state index is 12.3. The van der Waals surface area contributed by atoms with Gasteiger partial charge in [-0.25, -0.2) is 4.68 Å². The van der Waals surface area contributed by atoms with Crippen molar-refractivity contribution in [2.75, 3.05) is 6.54 Å². The summed E-state index contributed by atoms with van der Waals surface area (Å²) >= 11 is 0. The van der Waals surface area contributed by atoms with Gasteiger partial charge in [-0.3, -0.25) is 14.7 Å². The monoisotopic (exact) mass is 287 g/mol. The van der Waals surface area contributed by atoms with Crippen molar-refractivity contribution in [3.8, 4) is 0 Å². The van der Waals surface area contributed by atoms with Gasteiger partial charge < -0.3 is 5.32 Å². The molecule has 2 aromatic rings. The zero-order valence-corrected chi connectivity index (χ0v) is 12.7. The first-order valence-corrected chi connectivity index (χ1v) is 6.91. The molecular formula is C16H21N3O2. The van der Waals surface area contributed by atoms with E-state index in [1.807, 2.05) is 0 Å². The predicted octanol–water partition coefficient (Wildman–Crippen LogP) is 1.63. The maximum absolute atomic E-state index is 12.3. The number of rotatable bonds is 4. The van der Waals surface area contributed by atoms with Crippen LogP contribution in [0.4, 0.5) is 0 Å². The zero-order valence-electron chi connectivity index (χ0n) is 12.7. The van der Waals surface area contributed by atoms with Crippen LogP contribution in [0.3, 0.4) is 0 Å². The molecule has 0 saturated carbocycles. The molecule has 2 rings (SSSR count). The van der Waals surface area contributed by atoms with Crippen molar-refractivity contribution in [2.24, 2.45) is 0 Å². The third-order valence-corrected chi connectivity index (χ3v) is 3.13. The average molecular weight is 287 g/mol. The number of H-pyrrole nitrogens is 1. The molecule has 0 fully saturated rings. The standard InChI is InChI=1S/C16H21N3O2/c1-11(9-17-16(2,3)4)10-19-15(21)13-8-6-5-7-12(13)14(20)18-19/h5-8,17H,1,9-10H2,2-4H3,(H,18,20). The Morgan fingerprint density at radius 3 is 2.48 bits per heavy atom. The Kier molecular flexibility index (Phi) is 4.14. The highest BCUT2D eigenvalue weighted by Crippen LogP contribution is 2.04. The highest BCUT2D eigenvalue weighted by atomic mass is 16.2. The van der Waals surface area contributed by atoms with Crippen molar-refractivity contribution in [2.45, 2.75) is 32.9 Å². The average Bonchev–Trinajstić information content (AvgIpc) is 2.42. The number of aromatic amines is 1. The lowest BCUT2D eigenvalue weighted by atomic mass is 10.1. The highest BCUT2D eigenvalue weighted by Gasteiger charge is 2.11. The lowest BCUT2D eigenvalue weighted by Gasteiger charge is -2.21. The number of fused-ring (bicyclic) bond motifs is 1. The Labute approximate surface area is 123 Å². The van der Waals surface area contributed by atoms with E-state index >= 15 is 0 Å². The molecule has 0 bridgehead atoms. The van der Waals surface area contributed by atoms with Crippen molar-refractivity contribution < 1.29 is 0 Å². The summed E-state index contributed by atoms with van der Waals surface area (Å²) in [7, 11) is 0. The Bertz CT molecular complexity index is 778. The molecule has 5 heteroatoms. The lowest BCUT2D eigenvalue weighted by molar-refractivity contribution is 0.437. The minimum absolute atomic E-state index is 0.0231. The van der Waals surface area contributed by atoms with Crippen molar-refractivity contribution in [1.29, 1.82) is 0 Å². The molecule has 0 unspecified atom stereocenters. The lowest BCUT2D eigenvalue weighted by Crippen LogP contribution is -2.38. The molecular weight excluding hydrogens is 266 g/mol. The van der Waals surface area contributed by atoms with Gasteiger partial charge in [0.1, 0.15) is 0 Å². The van der Waals surface area contributed by atoms with Crippen LogP contribution in [-0.2, 0) is 6.54 Å². The minimum atomic E-state index is -0.262. The summed E-state index contributed by atoms with van der Waals surface area (Å²) in [5.41, 5.74) is 0.340. The second-order valence-electron chi connectivity index (χ2n) is 6.23. The molecule has 1 heterocycles. The van der Waals surface area contributed by atoms with Gasteiger partial charge in [-0.2, -0.15) is 0 Å². The molecule has 5 nitrogen and oxygen atoms in total. The molecule has 0 aliphatic carbocycles. The van der Waals surface area contributed by atoms with E-state index in [0.29, 0.717) is 23.9 Å². The van der Waals surface area contributed by atoms with Crippen molar-refractivity contribution in [3.63, 3.8) is 0 Å². The van der Waals surface area contributed by atoms with E-state index in [2.05, 4.69) is 37.8 Å². The largest absolute Gasteiger partial charge is 0.308 e. The number of nitrogens with one attached hydrogen (secondary N) is 2. The van der Waals surface area contributed by atoms with Gasteiger partial charge in [0, 0.05) is 12.1 Å². The smallest absolute Gasteiger partial charge is 0.273 e. The van der Waals surface area contributed by atoms with Gasteiger partial charge in [0.25, 0.3) is 11.1 Å². The number of hydrogen-bond acceptors (Lipinski definition) is 3. The quantitative estimate of drug-likeness (QED) is 0.840. The fourth-order valence-electron chi connectivity index (χ4n) is 2.03. The molecule has 2 N–H and O–H groups in total. The second-order valence-corrected chi connectivity index (χ2v) is 6.23. The fourth-order valence-corrected chi connectivity index (χ4v) is 2.03. The highest BCUT2D eigenvalue weighted by molar-refractivity contribution is 5.80. The third kappa shape index (κ3) is 3.70. The predicted molar refractivity (Wildman–Crippen MR) is 85.7 cm³/mol. The second kappa shape index (κ2) is 5.69. The van der Waals surface area contributed by atoms with Crippen LogP contribution in [0, 0.1) is 0 Å². The summed E-state index contributed by atoms with van der Waals surface area (Å²) in [6, 6.07) is 6.81. The number of hydrogen-bond donors (Lipinski definition) is 2. The summed E-state index contributed by atoms with van der Waals surface area (Å²) in [4.78, 5) is 24.3. The molecule has 0 atom stereocenters. The van der Waals surface area contributed by atoms with Crippen LogP contribution in [0.2, 0.25) is 0 Å². The molecule has 0 saturated heterocycles. The number of aromatic nitrogens is 2. The van der Waals surface area contributed by atoms with Crippen molar-refractivity contribution in [1.82, 2.24) is 15.1 Å². The van der Waals surface area contributed by atoms with E-state index in [1.54, 1.807) is 24.3 Å². The maximum Gasteiger partial charge on any atom is 0.273 e. The Balaban J connectivity index is 2.28. The summed E-state index contributed by atoms with van der Waals surface area (Å²) < 4.78 is 1.32. The number of benzene rings is 1. The van der Waals surface area contributed by atoms with Gasteiger partial charge in [0.15, 0.2) is 0 Å². The van der Waals surface area contributed by atoms with Gasteiger partial charge >= 0.3 is 0 Å². The molecule has 1 aromatic carbocycles. The van der Waals surface area contributed by atoms with E-state index in [0.717, 1.165) is 5.57 Å². The van der Waals surface area contributed by atoms with Crippen LogP contribution in [-0.4, -0.2) is 21.9 Å². The van der Waals surface area contributed by atoms with Gasteiger partial charge in [-0.15, -0.1) is 0 Å². The van der Waals surface area contributed by atoms with Gasteiger partial charge in [-0.05, 0) is 38.5 Å². The van der Waals surface area contributed by atoms with Crippen LogP contribution in [0.15, 0.2) is 46.0 Å². The number of nitrogens with zero attached hydrogens (tertiary/aromatic N) is 1. The minimum Gasteiger partial charge on any atom is -0.308 e. The van der Waals surface area contributed by atoms with E-state index < -0.39 is 0 Å². The van der Waals surface area contributed by atoms with E-state index in [9.17, 15) is 9.59 Å². The van der Waals surface area contributed by atoms with Gasteiger partial charge in [0.2, 0.25) is 0 Å². The first-order chi connectivity index (χ1) is 9.78. The molecule has 1 aromatic heterocycles. The fraction of sp³-hybridized carbons (Fsp3) is 0.375. The molecule has 0 radical (unpaired) electrons. The van der Waals surface area contributed by atoms with Gasteiger partial charge in [-0.1, -0.05) is 18.7 Å². The Morgan fingerprint density at radius 2 is 1.86 bits per heavy atom. The van der Waals surface area contributed by atoms with Crippen LogP contribution in [0.5, 0.6) is 0 Å². The normalized spacial score (nSPS) is 11.8. The van der Waals surface area contributed by atoms with Crippen LogP contribution < -0.4 is 16.4 Å². The van der Waals surface area contributed by atoms with Crippen molar-refractivity contribution >= 4 is 10.8 Å². The Morgan fingerprint density at radius 1 is 1.24 bits per heavy atom.